The number of methoxy groups -OCH3 is 1. The smallest absolute Gasteiger partial charge is 0.138 e. The molecule has 0 amide bonds. The molecule has 2 aromatic heterocycles. The second-order valence-electron chi connectivity index (χ2n) is 4.96. The quantitative estimate of drug-likeness (QED) is 0.785. The van der Waals surface area contributed by atoms with Crippen molar-refractivity contribution >= 4 is 27.4 Å². The number of fused-ring (bicyclic) bond motifs is 1. The Morgan fingerprint density at radius 1 is 1.19 bits per heavy atom. The molecule has 0 aliphatic rings. The Bertz CT molecular complexity index is 752. The van der Waals surface area contributed by atoms with Crippen LogP contribution >= 0.6 is 11.3 Å². The lowest BCUT2D eigenvalue weighted by atomic mass is 10.1. The average Bonchev–Trinajstić information content (AvgIpc) is 2.90. The molecule has 0 radical (unpaired) electrons. The van der Waals surface area contributed by atoms with E-state index < -0.39 is 0 Å². The zero-order chi connectivity index (χ0) is 14.8. The minimum atomic E-state index is 0.160. The van der Waals surface area contributed by atoms with Gasteiger partial charge in [0.25, 0.3) is 0 Å². The number of hydrogen-bond donors (Lipinski definition) is 1. The molecule has 0 aliphatic carbocycles. The average molecular weight is 299 g/mol. The highest BCUT2D eigenvalue weighted by Crippen LogP contribution is 2.30. The van der Waals surface area contributed by atoms with E-state index in [1.165, 1.54) is 11.1 Å². The van der Waals surface area contributed by atoms with Crippen LogP contribution in [-0.2, 0) is 0 Å². The van der Waals surface area contributed by atoms with Gasteiger partial charge in [0.1, 0.15) is 22.7 Å². The minimum absolute atomic E-state index is 0.160. The maximum atomic E-state index is 5.19. The number of nitrogens with one attached hydrogen (secondary N) is 1. The SMILES string of the molecule is COc1ccc(C(C)Nc2ncnc3scc(C)c23)cc1. The summed E-state index contributed by atoms with van der Waals surface area (Å²) in [6, 6.07) is 8.23. The van der Waals surface area contributed by atoms with Crippen LogP contribution in [0.4, 0.5) is 5.82 Å². The van der Waals surface area contributed by atoms with Crippen LogP contribution in [0.3, 0.4) is 0 Å². The van der Waals surface area contributed by atoms with Gasteiger partial charge in [0.15, 0.2) is 0 Å². The van der Waals surface area contributed by atoms with E-state index in [0.29, 0.717) is 0 Å². The van der Waals surface area contributed by atoms with E-state index in [0.717, 1.165) is 21.8 Å². The largest absolute Gasteiger partial charge is 0.497 e. The van der Waals surface area contributed by atoms with Crippen molar-refractivity contribution in [3.05, 3.63) is 47.1 Å². The summed E-state index contributed by atoms with van der Waals surface area (Å²) in [6.45, 7) is 4.21. The highest BCUT2D eigenvalue weighted by Gasteiger charge is 2.12. The zero-order valence-electron chi connectivity index (χ0n) is 12.3. The summed E-state index contributed by atoms with van der Waals surface area (Å²) < 4.78 is 5.19. The zero-order valence-corrected chi connectivity index (χ0v) is 13.1. The molecule has 21 heavy (non-hydrogen) atoms. The lowest BCUT2D eigenvalue weighted by Crippen LogP contribution is -2.08. The number of anilines is 1. The predicted octanol–water partition coefficient (Wildman–Crippen LogP) is 4.18. The van der Waals surface area contributed by atoms with E-state index in [9.17, 15) is 0 Å². The lowest BCUT2D eigenvalue weighted by Gasteiger charge is -2.16. The van der Waals surface area contributed by atoms with Crippen molar-refractivity contribution in [3.8, 4) is 5.75 Å². The van der Waals surface area contributed by atoms with Gasteiger partial charge in [-0.2, -0.15) is 0 Å². The Balaban J connectivity index is 1.88. The topological polar surface area (TPSA) is 47.0 Å². The molecular weight excluding hydrogens is 282 g/mol. The fourth-order valence-electron chi connectivity index (χ4n) is 2.31. The van der Waals surface area contributed by atoms with Gasteiger partial charge in [0.2, 0.25) is 0 Å². The molecule has 0 bridgehead atoms. The fourth-order valence-corrected chi connectivity index (χ4v) is 3.20. The summed E-state index contributed by atoms with van der Waals surface area (Å²) in [5, 5.41) is 6.71. The Labute approximate surface area is 127 Å². The molecule has 1 unspecified atom stereocenters. The molecular formula is C16H17N3OS. The third-order valence-corrected chi connectivity index (χ3v) is 4.53. The highest BCUT2D eigenvalue weighted by atomic mass is 32.1. The number of thiophene rings is 1. The van der Waals surface area contributed by atoms with Crippen LogP contribution in [0.25, 0.3) is 10.2 Å². The highest BCUT2D eigenvalue weighted by molar-refractivity contribution is 7.17. The van der Waals surface area contributed by atoms with Crippen LogP contribution in [-0.4, -0.2) is 17.1 Å². The Hall–Kier alpha value is -2.14. The van der Waals surface area contributed by atoms with Crippen molar-refractivity contribution in [2.75, 3.05) is 12.4 Å². The van der Waals surface area contributed by atoms with E-state index in [2.05, 4.69) is 46.6 Å². The van der Waals surface area contributed by atoms with E-state index >= 15 is 0 Å². The number of rotatable bonds is 4. The predicted molar refractivity (Wildman–Crippen MR) is 87.2 cm³/mol. The first kappa shape index (κ1) is 13.8. The van der Waals surface area contributed by atoms with Gasteiger partial charge in [-0.15, -0.1) is 11.3 Å². The molecule has 0 aliphatic heterocycles. The van der Waals surface area contributed by atoms with E-state index in [1.54, 1.807) is 24.8 Å². The first-order chi connectivity index (χ1) is 10.2. The normalized spacial score (nSPS) is 12.3. The number of ether oxygens (including phenoxy) is 1. The van der Waals surface area contributed by atoms with Gasteiger partial charge in [-0.05, 0) is 42.5 Å². The van der Waals surface area contributed by atoms with Crippen molar-refractivity contribution in [2.24, 2.45) is 0 Å². The van der Waals surface area contributed by atoms with Gasteiger partial charge < -0.3 is 10.1 Å². The summed E-state index contributed by atoms with van der Waals surface area (Å²) in [5.41, 5.74) is 2.40. The van der Waals surface area contributed by atoms with E-state index in [1.807, 2.05) is 12.1 Å². The third-order valence-electron chi connectivity index (χ3n) is 3.52. The molecule has 0 spiro atoms. The van der Waals surface area contributed by atoms with Crippen LogP contribution in [0.1, 0.15) is 24.1 Å². The molecule has 2 heterocycles. The van der Waals surface area contributed by atoms with Gasteiger partial charge in [0.05, 0.1) is 12.5 Å². The van der Waals surface area contributed by atoms with Crippen molar-refractivity contribution in [3.63, 3.8) is 0 Å². The van der Waals surface area contributed by atoms with Gasteiger partial charge in [-0.25, -0.2) is 9.97 Å². The molecule has 3 aromatic rings. The molecule has 0 saturated carbocycles. The molecule has 5 heteroatoms. The molecule has 3 rings (SSSR count). The van der Waals surface area contributed by atoms with Crippen molar-refractivity contribution in [2.45, 2.75) is 19.9 Å². The molecule has 1 N–H and O–H groups in total. The summed E-state index contributed by atoms with van der Waals surface area (Å²) >= 11 is 1.65. The summed E-state index contributed by atoms with van der Waals surface area (Å²) in [4.78, 5) is 9.74. The summed E-state index contributed by atoms with van der Waals surface area (Å²) in [7, 11) is 1.67. The molecule has 108 valence electrons. The number of benzene rings is 1. The molecule has 1 atom stereocenters. The Morgan fingerprint density at radius 2 is 1.95 bits per heavy atom. The van der Waals surface area contributed by atoms with E-state index in [-0.39, 0.29) is 6.04 Å². The minimum Gasteiger partial charge on any atom is -0.497 e. The van der Waals surface area contributed by atoms with Gasteiger partial charge in [-0.3, -0.25) is 0 Å². The maximum Gasteiger partial charge on any atom is 0.138 e. The number of aryl methyl sites for hydroxylation is 1. The van der Waals surface area contributed by atoms with Crippen molar-refractivity contribution < 1.29 is 4.74 Å². The van der Waals surface area contributed by atoms with Crippen molar-refractivity contribution in [1.29, 1.82) is 0 Å². The van der Waals surface area contributed by atoms with Crippen LogP contribution in [0.15, 0.2) is 36.0 Å². The first-order valence-corrected chi connectivity index (χ1v) is 7.66. The number of hydrogen-bond acceptors (Lipinski definition) is 5. The second kappa shape index (κ2) is 5.69. The van der Waals surface area contributed by atoms with Gasteiger partial charge in [0, 0.05) is 6.04 Å². The fraction of sp³-hybridized carbons (Fsp3) is 0.250. The molecule has 0 saturated heterocycles. The van der Waals surface area contributed by atoms with E-state index in [4.69, 9.17) is 4.74 Å². The van der Waals surface area contributed by atoms with Crippen LogP contribution < -0.4 is 10.1 Å². The molecule has 0 fully saturated rings. The maximum absolute atomic E-state index is 5.19. The van der Waals surface area contributed by atoms with Crippen LogP contribution in [0.5, 0.6) is 5.75 Å². The molecule has 1 aromatic carbocycles. The van der Waals surface area contributed by atoms with Crippen LogP contribution in [0.2, 0.25) is 0 Å². The van der Waals surface area contributed by atoms with Gasteiger partial charge in [-0.1, -0.05) is 12.1 Å². The second-order valence-corrected chi connectivity index (χ2v) is 5.82. The summed E-state index contributed by atoms with van der Waals surface area (Å²) in [6.07, 6.45) is 1.61. The standard InChI is InChI=1S/C16H17N3OS/c1-10-8-21-16-14(10)15(17-9-18-16)19-11(2)12-4-6-13(20-3)7-5-12/h4-9,11H,1-3H3,(H,17,18,19). The first-order valence-electron chi connectivity index (χ1n) is 6.78. The van der Waals surface area contributed by atoms with Gasteiger partial charge >= 0.3 is 0 Å². The van der Waals surface area contributed by atoms with Crippen molar-refractivity contribution in [1.82, 2.24) is 9.97 Å². The Morgan fingerprint density at radius 3 is 2.67 bits per heavy atom. The third kappa shape index (κ3) is 2.69. The monoisotopic (exact) mass is 299 g/mol. The summed E-state index contributed by atoms with van der Waals surface area (Å²) in [5.74, 6) is 1.76. The molecule has 4 nitrogen and oxygen atoms in total. The van der Waals surface area contributed by atoms with Crippen LogP contribution in [0, 0.1) is 6.92 Å². The Kier molecular flexibility index (Phi) is 3.75. The number of aromatic nitrogens is 2. The number of nitrogens with zero attached hydrogens (tertiary/aromatic N) is 2. The lowest BCUT2D eigenvalue weighted by molar-refractivity contribution is 0.414.